The van der Waals surface area contributed by atoms with Gasteiger partial charge in [-0.3, -0.25) is 0 Å². The highest BCUT2D eigenvalue weighted by Crippen LogP contribution is 2.44. The molecule has 0 saturated carbocycles. The van der Waals surface area contributed by atoms with Gasteiger partial charge in [0.25, 0.3) is 0 Å². The van der Waals surface area contributed by atoms with Gasteiger partial charge in [-0.2, -0.15) is 0 Å². The van der Waals surface area contributed by atoms with Crippen molar-refractivity contribution in [1.29, 1.82) is 0 Å². The van der Waals surface area contributed by atoms with E-state index in [1.807, 2.05) is 24.3 Å². The summed E-state index contributed by atoms with van der Waals surface area (Å²) < 4.78 is 5.78. The van der Waals surface area contributed by atoms with Crippen molar-refractivity contribution in [2.45, 2.75) is 0 Å². The molecule has 2 aromatic rings. The van der Waals surface area contributed by atoms with Gasteiger partial charge in [0, 0.05) is 21.2 Å². The minimum atomic E-state index is 0.666. The smallest absolute Gasteiger partial charge is 0.135 e. The van der Waals surface area contributed by atoms with Gasteiger partial charge in [-0.05, 0) is 42.0 Å². The van der Waals surface area contributed by atoms with Crippen molar-refractivity contribution < 1.29 is 4.74 Å². The van der Waals surface area contributed by atoms with Crippen LogP contribution in [0.2, 0.25) is 10.0 Å². The van der Waals surface area contributed by atoms with Gasteiger partial charge in [-0.15, -0.1) is 0 Å². The minimum absolute atomic E-state index is 0.666. The second kappa shape index (κ2) is 3.80. The number of halogens is 2. The lowest BCUT2D eigenvalue weighted by Crippen LogP contribution is -2.01. The summed E-state index contributed by atoms with van der Waals surface area (Å²) in [5.74, 6) is 1.54. The molecular weight excluding hydrogens is 255 g/mol. The highest BCUT2D eigenvalue weighted by Gasteiger charge is 2.20. The summed E-state index contributed by atoms with van der Waals surface area (Å²) in [6.07, 6.45) is 0. The Morgan fingerprint density at radius 3 is 1.76 bits per heavy atom. The lowest BCUT2D eigenvalue weighted by Gasteiger charge is -2.22. The molecule has 3 rings (SSSR count). The molecular formula is C14H8Cl2O. The molecule has 1 aliphatic heterocycles. The van der Waals surface area contributed by atoms with Crippen LogP contribution in [0.1, 0.15) is 11.1 Å². The van der Waals surface area contributed by atoms with Crippen LogP contribution >= 0.6 is 23.2 Å². The Bertz CT molecular complexity index is 579. The summed E-state index contributed by atoms with van der Waals surface area (Å²) in [6.45, 7) is 4.08. The van der Waals surface area contributed by atoms with Gasteiger partial charge < -0.3 is 4.74 Å². The molecule has 0 amide bonds. The van der Waals surface area contributed by atoms with Gasteiger partial charge in [-0.1, -0.05) is 29.8 Å². The summed E-state index contributed by atoms with van der Waals surface area (Å²) in [7, 11) is 0. The van der Waals surface area contributed by atoms with E-state index in [2.05, 4.69) is 6.58 Å². The first-order valence-corrected chi connectivity index (χ1v) is 5.87. The van der Waals surface area contributed by atoms with Gasteiger partial charge in [0.2, 0.25) is 0 Å². The Morgan fingerprint density at radius 1 is 0.824 bits per heavy atom. The Kier molecular flexibility index (Phi) is 2.39. The van der Waals surface area contributed by atoms with Crippen LogP contribution in [0.4, 0.5) is 0 Å². The fourth-order valence-corrected chi connectivity index (χ4v) is 2.26. The summed E-state index contributed by atoms with van der Waals surface area (Å²) in [4.78, 5) is 0. The number of hydrogen-bond donors (Lipinski definition) is 0. The third-order valence-electron chi connectivity index (χ3n) is 2.75. The number of benzene rings is 2. The molecule has 0 aromatic heterocycles. The van der Waals surface area contributed by atoms with Crippen LogP contribution in [-0.4, -0.2) is 0 Å². The van der Waals surface area contributed by atoms with Gasteiger partial charge in [0.1, 0.15) is 11.5 Å². The molecule has 0 unspecified atom stereocenters. The minimum Gasteiger partial charge on any atom is -0.456 e. The summed E-state index contributed by atoms with van der Waals surface area (Å²) in [6, 6.07) is 11.0. The molecule has 1 heterocycles. The first-order chi connectivity index (χ1) is 8.15. The fraction of sp³-hybridized carbons (Fsp3) is 0. The summed E-state index contributed by atoms with van der Waals surface area (Å²) in [5.41, 5.74) is 2.70. The third-order valence-corrected chi connectivity index (χ3v) is 3.22. The molecule has 0 N–H and O–H groups in total. The molecule has 0 saturated heterocycles. The van der Waals surface area contributed by atoms with Crippen molar-refractivity contribution in [1.82, 2.24) is 0 Å². The standard InChI is InChI=1S/C14H8Cl2O/c1-8-11-6-9(15)2-4-13(11)17-14-5-3-10(16)7-12(8)14/h2-7H,1H2. The van der Waals surface area contributed by atoms with Gasteiger partial charge in [0.05, 0.1) is 0 Å². The van der Waals surface area contributed by atoms with Crippen molar-refractivity contribution in [2.75, 3.05) is 0 Å². The maximum Gasteiger partial charge on any atom is 0.135 e. The van der Waals surface area contributed by atoms with Crippen molar-refractivity contribution in [3.05, 3.63) is 64.1 Å². The molecule has 0 aliphatic carbocycles. The predicted molar refractivity (Wildman–Crippen MR) is 71.1 cm³/mol. The number of hydrogen-bond acceptors (Lipinski definition) is 1. The molecule has 0 fully saturated rings. The van der Waals surface area contributed by atoms with E-state index in [0.29, 0.717) is 10.0 Å². The zero-order chi connectivity index (χ0) is 12.0. The van der Waals surface area contributed by atoms with E-state index in [0.717, 1.165) is 28.2 Å². The number of ether oxygens (including phenoxy) is 1. The van der Waals surface area contributed by atoms with Crippen molar-refractivity contribution in [3.8, 4) is 11.5 Å². The fourth-order valence-electron chi connectivity index (χ4n) is 1.92. The van der Waals surface area contributed by atoms with Crippen molar-refractivity contribution >= 4 is 28.8 Å². The van der Waals surface area contributed by atoms with Crippen LogP contribution in [0, 0.1) is 0 Å². The van der Waals surface area contributed by atoms with Gasteiger partial charge in [0.15, 0.2) is 0 Å². The average molecular weight is 263 g/mol. The van der Waals surface area contributed by atoms with Gasteiger partial charge >= 0.3 is 0 Å². The lowest BCUT2D eigenvalue weighted by molar-refractivity contribution is 0.474. The number of fused-ring (bicyclic) bond motifs is 2. The summed E-state index contributed by atoms with van der Waals surface area (Å²) in [5, 5.41) is 1.33. The molecule has 84 valence electrons. The monoisotopic (exact) mass is 262 g/mol. The zero-order valence-electron chi connectivity index (χ0n) is 8.84. The van der Waals surface area contributed by atoms with Crippen LogP contribution in [0.15, 0.2) is 43.0 Å². The predicted octanol–water partition coefficient (Wildman–Crippen LogP) is 5.16. The van der Waals surface area contributed by atoms with Crippen LogP contribution in [-0.2, 0) is 0 Å². The van der Waals surface area contributed by atoms with Crippen LogP contribution in [0.3, 0.4) is 0 Å². The molecule has 2 aromatic carbocycles. The first kappa shape index (κ1) is 10.7. The van der Waals surface area contributed by atoms with E-state index in [4.69, 9.17) is 27.9 Å². The van der Waals surface area contributed by atoms with E-state index in [-0.39, 0.29) is 0 Å². The Labute approximate surface area is 109 Å². The molecule has 17 heavy (non-hydrogen) atoms. The average Bonchev–Trinajstić information content (AvgIpc) is 2.32. The topological polar surface area (TPSA) is 9.23 Å². The number of rotatable bonds is 0. The molecule has 0 bridgehead atoms. The highest BCUT2D eigenvalue weighted by molar-refractivity contribution is 6.31. The first-order valence-electron chi connectivity index (χ1n) is 5.12. The van der Waals surface area contributed by atoms with E-state index in [1.54, 1.807) is 12.1 Å². The molecule has 0 spiro atoms. The van der Waals surface area contributed by atoms with Crippen LogP contribution in [0.5, 0.6) is 11.5 Å². The maximum atomic E-state index is 5.98. The molecule has 1 aliphatic rings. The van der Waals surface area contributed by atoms with Crippen LogP contribution < -0.4 is 4.74 Å². The Hall–Kier alpha value is -1.44. The van der Waals surface area contributed by atoms with Crippen molar-refractivity contribution in [2.24, 2.45) is 0 Å². The van der Waals surface area contributed by atoms with E-state index in [9.17, 15) is 0 Å². The second-order valence-corrected chi connectivity index (χ2v) is 4.73. The third kappa shape index (κ3) is 1.72. The quantitative estimate of drug-likeness (QED) is 0.544. The summed E-state index contributed by atoms with van der Waals surface area (Å²) >= 11 is 12.0. The van der Waals surface area contributed by atoms with E-state index in [1.165, 1.54) is 0 Å². The zero-order valence-corrected chi connectivity index (χ0v) is 10.3. The lowest BCUT2D eigenvalue weighted by atomic mass is 9.95. The van der Waals surface area contributed by atoms with E-state index < -0.39 is 0 Å². The Morgan fingerprint density at radius 2 is 1.29 bits per heavy atom. The second-order valence-electron chi connectivity index (χ2n) is 3.86. The SMILES string of the molecule is C=C1c2cc(Cl)ccc2Oc2ccc(Cl)cc21. The normalized spacial score (nSPS) is 12.7. The van der Waals surface area contributed by atoms with E-state index >= 15 is 0 Å². The molecule has 3 heteroatoms. The van der Waals surface area contributed by atoms with Crippen LogP contribution in [0.25, 0.3) is 5.57 Å². The van der Waals surface area contributed by atoms with Gasteiger partial charge in [-0.25, -0.2) is 0 Å². The van der Waals surface area contributed by atoms with Crippen molar-refractivity contribution in [3.63, 3.8) is 0 Å². The molecule has 1 nitrogen and oxygen atoms in total. The Balaban J connectivity index is 2.21. The molecule has 0 atom stereocenters. The highest BCUT2D eigenvalue weighted by atomic mass is 35.5. The largest absolute Gasteiger partial charge is 0.456 e. The molecule has 0 radical (unpaired) electrons. The maximum absolute atomic E-state index is 5.98.